The lowest BCUT2D eigenvalue weighted by Gasteiger charge is -2.35. The van der Waals surface area contributed by atoms with Gasteiger partial charge in [0.2, 0.25) is 11.8 Å². The van der Waals surface area contributed by atoms with E-state index in [0.717, 1.165) is 19.9 Å². The number of carbonyl (C=O) groups is 2. The minimum atomic E-state index is -4.16. The standard InChI is InChI=1S/C34H35BrClN3O4S/c1-34(2,3)37-33(41)31(22-25-10-6-4-7-11-25)38(23-26-14-18-28(36)19-15-26)32(40)24-39(29-20-16-27(35)17-21-29)44(42,43)30-12-8-5-9-13-30/h4-21,31H,22-24H2,1-3H3,(H,37,41). The lowest BCUT2D eigenvalue weighted by Crippen LogP contribution is -2.56. The van der Waals surface area contributed by atoms with E-state index in [4.69, 9.17) is 11.6 Å². The van der Waals surface area contributed by atoms with Crippen molar-refractivity contribution in [3.63, 3.8) is 0 Å². The Morgan fingerprint density at radius 3 is 1.95 bits per heavy atom. The topological polar surface area (TPSA) is 86.8 Å². The van der Waals surface area contributed by atoms with E-state index in [1.54, 1.807) is 66.7 Å². The van der Waals surface area contributed by atoms with Crippen LogP contribution in [0, 0.1) is 0 Å². The first-order chi connectivity index (χ1) is 20.8. The second kappa shape index (κ2) is 14.4. The van der Waals surface area contributed by atoms with Crippen LogP contribution in [-0.4, -0.2) is 43.3 Å². The number of anilines is 1. The highest BCUT2D eigenvalue weighted by molar-refractivity contribution is 9.10. The number of sulfonamides is 1. The van der Waals surface area contributed by atoms with Gasteiger partial charge in [0, 0.05) is 28.0 Å². The summed E-state index contributed by atoms with van der Waals surface area (Å²) in [6.45, 7) is 5.15. The van der Waals surface area contributed by atoms with Gasteiger partial charge < -0.3 is 10.2 Å². The first-order valence-corrected chi connectivity index (χ1v) is 16.7. The molecule has 0 saturated carbocycles. The van der Waals surface area contributed by atoms with E-state index in [0.29, 0.717) is 10.7 Å². The Hall–Kier alpha value is -3.66. The van der Waals surface area contributed by atoms with Crippen LogP contribution in [0.4, 0.5) is 5.69 Å². The van der Waals surface area contributed by atoms with Crippen LogP contribution in [0.15, 0.2) is 119 Å². The highest BCUT2D eigenvalue weighted by Gasteiger charge is 2.35. The molecule has 0 spiro atoms. The second-order valence-corrected chi connectivity index (χ2v) is 14.6. The van der Waals surface area contributed by atoms with E-state index in [9.17, 15) is 18.0 Å². The van der Waals surface area contributed by atoms with E-state index in [1.165, 1.54) is 17.0 Å². The van der Waals surface area contributed by atoms with Gasteiger partial charge in [-0.25, -0.2) is 8.42 Å². The average Bonchev–Trinajstić information content (AvgIpc) is 2.99. The van der Waals surface area contributed by atoms with Gasteiger partial charge in [-0.1, -0.05) is 88.2 Å². The zero-order valence-corrected chi connectivity index (χ0v) is 27.9. The Morgan fingerprint density at radius 1 is 0.818 bits per heavy atom. The van der Waals surface area contributed by atoms with Gasteiger partial charge >= 0.3 is 0 Å². The number of nitrogens with zero attached hydrogens (tertiary/aromatic N) is 2. The Kier molecular flexibility index (Phi) is 10.9. The molecule has 230 valence electrons. The summed E-state index contributed by atoms with van der Waals surface area (Å²) < 4.78 is 29.9. The maximum Gasteiger partial charge on any atom is 0.264 e. The molecule has 0 heterocycles. The van der Waals surface area contributed by atoms with E-state index in [2.05, 4.69) is 21.2 Å². The molecule has 0 aliphatic rings. The van der Waals surface area contributed by atoms with Crippen molar-refractivity contribution in [2.45, 2.75) is 50.2 Å². The van der Waals surface area contributed by atoms with Crippen LogP contribution in [0.5, 0.6) is 0 Å². The van der Waals surface area contributed by atoms with Crippen LogP contribution in [0.1, 0.15) is 31.9 Å². The van der Waals surface area contributed by atoms with E-state index in [-0.39, 0.29) is 23.8 Å². The molecule has 7 nitrogen and oxygen atoms in total. The normalized spacial score (nSPS) is 12.3. The summed E-state index contributed by atoms with van der Waals surface area (Å²) in [5, 5.41) is 3.56. The second-order valence-electron chi connectivity index (χ2n) is 11.4. The maximum atomic E-state index is 14.4. The summed E-state index contributed by atoms with van der Waals surface area (Å²) in [6, 6.07) is 30.2. The van der Waals surface area contributed by atoms with E-state index in [1.807, 2.05) is 51.1 Å². The van der Waals surface area contributed by atoms with Gasteiger partial charge in [-0.2, -0.15) is 0 Å². The van der Waals surface area contributed by atoms with Crippen molar-refractivity contribution in [1.82, 2.24) is 10.2 Å². The van der Waals surface area contributed by atoms with E-state index < -0.39 is 34.1 Å². The predicted octanol–water partition coefficient (Wildman–Crippen LogP) is 6.85. The molecule has 1 atom stereocenters. The summed E-state index contributed by atoms with van der Waals surface area (Å²) in [5.74, 6) is -0.878. The SMILES string of the molecule is CC(C)(C)NC(=O)C(Cc1ccccc1)N(Cc1ccc(Cl)cc1)C(=O)CN(c1ccc(Br)cc1)S(=O)(=O)c1ccccc1. The summed E-state index contributed by atoms with van der Waals surface area (Å²) in [4.78, 5) is 29.9. The Morgan fingerprint density at radius 2 is 1.39 bits per heavy atom. The predicted molar refractivity (Wildman–Crippen MR) is 179 cm³/mol. The van der Waals surface area contributed by atoms with Gasteiger partial charge in [-0.05, 0) is 80.4 Å². The molecule has 44 heavy (non-hydrogen) atoms. The molecule has 2 amide bonds. The van der Waals surface area contributed by atoms with Crippen LogP contribution in [0.2, 0.25) is 5.02 Å². The van der Waals surface area contributed by atoms with Crippen LogP contribution >= 0.6 is 27.5 Å². The zero-order valence-electron chi connectivity index (χ0n) is 24.8. The summed E-state index contributed by atoms with van der Waals surface area (Å²) >= 11 is 9.54. The minimum Gasteiger partial charge on any atom is -0.350 e. The van der Waals surface area contributed by atoms with Gasteiger partial charge in [-0.15, -0.1) is 0 Å². The summed E-state index contributed by atoms with van der Waals surface area (Å²) in [5.41, 5.74) is 1.35. The molecular weight excluding hydrogens is 662 g/mol. The first-order valence-electron chi connectivity index (χ1n) is 14.1. The van der Waals surface area contributed by atoms with Crippen molar-refractivity contribution in [2.75, 3.05) is 10.8 Å². The molecule has 0 saturated heterocycles. The fraction of sp³-hybridized carbons (Fsp3) is 0.235. The minimum absolute atomic E-state index is 0.0475. The fourth-order valence-corrected chi connectivity index (χ4v) is 6.47. The van der Waals surface area contributed by atoms with Gasteiger partial charge in [0.1, 0.15) is 12.6 Å². The molecule has 0 bridgehead atoms. The van der Waals surface area contributed by atoms with Crippen molar-refractivity contribution in [1.29, 1.82) is 0 Å². The molecular formula is C34H35BrClN3O4S. The largest absolute Gasteiger partial charge is 0.350 e. The number of carbonyl (C=O) groups excluding carboxylic acids is 2. The van der Waals surface area contributed by atoms with Crippen molar-refractivity contribution in [3.8, 4) is 0 Å². The third kappa shape index (κ3) is 8.94. The lowest BCUT2D eigenvalue weighted by molar-refractivity contribution is -0.140. The number of nitrogens with one attached hydrogen (secondary N) is 1. The van der Waals surface area contributed by atoms with Crippen LogP contribution < -0.4 is 9.62 Å². The average molecular weight is 697 g/mol. The van der Waals surface area contributed by atoms with Crippen LogP contribution in [0.3, 0.4) is 0 Å². The van der Waals surface area contributed by atoms with Crippen molar-refractivity contribution in [3.05, 3.63) is 130 Å². The Bertz CT molecular complexity index is 1660. The van der Waals surface area contributed by atoms with E-state index >= 15 is 0 Å². The third-order valence-corrected chi connectivity index (χ3v) is 9.33. The third-order valence-electron chi connectivity index (χ3n) is 6.76. The maximum absolute atomic E-state index is 14.4. The molecule has 0 fully saturated rings. The molecule has 0 radical (unpaired) electrons. The van der Waals surface area contributed by atoms with Gasteiger partial charge in [0.05, 0.1) is 10.6 Å². The number of hydrogen-bond acceptors (Lipinski definition) is 4. The molecule has 4 aromatic rings. The van der Waals surface area contributed by atoms with Gasteiger partial charge in [-0.3, -0.25) is 13.9 Å². The number of rotatable bonds is 11. The van der Waals surface area contributed by atoms with Gasteiger partial charge in [0.15, 0.2) is 0 Å². The zero-order chi connectivity index (χ0) is 31.9. The Labute approximate surface area is 273 Å². The first kappa shape index (κ1) is 33.2. The van der Waals surface area contributed by atoms with Crippen molar-refractivity contribution in [2.24, 2.45) is 0 Å². The molecule has 0 aliphatic heterocycles. The molecule has 1 unspecified atom stereocenters. The number of hydrogen-bond donors (Lipinski definition) is 1. The molecule has 10 heteroatoms. The molecule has 0 aromatic heterocycles. The van der Waals surface area contributed by atoms with Crippen LogP contribution in [-0.2, 0) is 32.6 Å². The van der Waals surface area contributed by atoms with Gasteiger partial charge in [0.25, 0.3) is 10.0 Å². The molecule has 0 aliphatic carbocycles. The quantitative estimate of drug-likeness (QED) is 0.186. The lowest BCUT2D eigenvalue weighted by atomic mass is 10.0. The van der Waals surface area contributed by atoms with Crippen molar-refractivity contribution >= 4 is 55.1 Å². The Balaban J connectivity index is 1.80. The monoisotopic (exact) mass is 695 g/mol. The fourth-order valence-electron chi connectivity index (χ4n) is 4.65. The summed E-state index contributed by atoms with van der Waals surface area (Å²) in [6.07, 6.45) is 0.228. The molecule has 4 rings (SSSR count). The number of benzene rings is 4. The smallest absolute Gasteiger partial charge is 0.264 e. The van der Waals surface area contributed by atoms with Crippen LogP contribution in [0.25, 0.3) is 0 Å². The molecule has 1 N–H and O–H groups in total. The number of amides is 2. The summed E-state index contributed by atoms with van der Waals surface area (Å²) in [7, 11) is -4.16. The van der Waals surface area contributed by atoms with Crippen molar-refractivity contribution < 1.29 is 18.0 Å². The highest BCUT2D eigenvalue weighted by Crippen LogP contribution is 2.27. The highest BCUT2D eigenvalue weighted by atomic mass is 79.9. The number of halogens is 2. The molecule has 4 aromatic carbocycles.